The fourth-order valence-electron chi connectivity index (χ4n) is 1.41. The van der Waals surface area contributed by atoms with Crippen molar-refractivity contribution in [2.45, 2.75) is 11.0 Å². The van der Waals surface area contributed by atoms with Gasteiger partial charge in [0.05, 0.1) is 11.2 Å². The lowest BCUT2D eigenvalue weighted by Gasteiger charge is -1.93. The summed E-state index contributed by atoms with van der Waals surface area (Å²) >= 11 is 3.08. The Morgan fingerprint density at radius 1 is 1.17 bits per heavy atom. The van der Waals surface area contributed by atoms with Crippen molar-refractivity contribution in [2.24, 2.45) is 0 Å². The third kappa shape index (κ3) is 2.60. The molecule has 3 aromatic rings. The summed E-state index contributed by atoms with van der Waals surface area (Å²) < 4.78 is 5.58. The predicted molar refractivity (Wildman–Crippen MR) is 71.4 cm³/mol. The van der Waals surface area contributed by atoms with Crippen molar-refractivity contribution in [1.82, 2.24) is 15.2 Å². The largest absolute Gasteiger partial charge is 0.411 e. The molecule has 0 radical (unpaired) electrons. The van der Waals surface area contributed by atoms with E-state index >= 15 is 0 Å². The fourth-order valence-corrected chi connectivity index (χ4v) is 2.74. The van der Waals surface area contributed by atoms with E-state index in [4.69, 9.17) is 4.42 Å². The number of nitrogens with zero attached hydrogens (tertiary/aromatic N) is 3. The van der Waals surface area contributed by atoms with Crippen molar-refractivity contribution in [3.8, 4) is 11.5 Å². The van der Waals surface area contributed by atoms with Crippen LogP contribution in [0.3, 0.4) is 0 Å². The first-order valence-electron chi connectivity index (χ1n) is 5.30. The number of hydrogen-bond donors (Lipinski definition) is 0. The topological polar surface area (TPSA) is 51.8 Å². The van der Waals surface area contributed by atoms with Crippen molar-refractivity contribution in [2.75, 3.05) is 0 Å². The van der Waals surface area contributed by atoms with E-state index in [1.54, 1.807) is 11.3 Å². The van der Waals surface area contributed by atoms with Crippen LogP contribution in [0.25, 0.3) is 11.5 Å². The zero-order valence-corrected chi connectivity index (χ0v) is 10.9. The summed E-state index contributed by atoms with van der Waals surface area (Å²) in [7, 11) is 0. The summed E-state index contributed by atoms with van der Waals surface area (Å²) in [5.41, 5.74) is 3.79. The van der Waals surface area contributed by atoms with Gasteiger partial charge in [0.25, 0.3) is 5.22 Å². The summed E-state index contributed by atoms with van der Waals surface area (Å²) in [6, 6.07) is 9.74. The average molecular weight is 275 g/mol. The molecule has 2 heterocycles. The molecule has 4 nitrogen and oxygen atoms in total. The summed E-state index contributed by atoms with van der Waals surface area (Å²) in [6.45, 7) is 0. The Balaban J connectivity index is 1.70. The van der Waals surface area contributed by atoms with Gasteiger partial charge in [0.2, 0.25) is 5.89 Å². The highest BCUT2D eigenvalue weighted by molar-refractivity contribution is 7.98. The van der Waals surface area contributed by atoms with Crippen LogP contribution in [0.4, 0.5) is 0 Å². The second-order valence-corrected chi connectivity index (χ2v) is 5.15. The van der Waals surface area contributed by atoms with E-state index in [0.717, 1.165) is 17.0 Å². The van der Waals surface area contributed by atoms with Gasteiger partial charge in [-0.15, -0.1) is 21.5 Å². The molecule has 1 aromatic carbocycles. The Kier molecular flexibility index (Phi) is 3.38. The molecule has 6 heteroatoms. The Bertz CT molecular complexity index is 607. The standard InChI is InChI=1S/C12H9N3OS2/c1-2-4-9(5-3-1)11-14-15-12(16-11)18-7-10-6-17-8-13-10/h1-6,8H,7H2. The third-order valence-electron chi connectivity index (χ3n) is 2.25. The van der Waals surface area contributed by atoms with Gasteiger partial charge in [-0.1, -0.05) is 30.0 Å². The van der Waals surface area contributed by atoms with Crippen LogP contribution in [0.15, 0.2) is 50.9 Å². The molecule has 0 saturated carbocycles. The second kappa shape index (κ2) is 5.32. The lowest BCUT2D eigenvalue weighted by molar-refractivity contribution is 0.466. The molecule has 0 aliphatic heterocycles. The Labute approximate surface area is 112 Å². The molecule has 0 spiro atoms. The van der Waals surface area contributed by atoms with Crippen LogP contribution in [0, 0.1) is 0 Å². The fraction of sp³-hybridized carbons (Fsp3) is 0.0833. The van der Waals surface area contributed by atoms with E-state index in [2.05, 4.69) is 15.2 Å². The first-order chi connectivity index (χ1) is 8.92. The minimum absolute atomic E-state index is 0.552. The van der Waals surface area contributed by atoms with Gasteiger partial charge >= 0.3 is 0 Å². The van der Waals surface area contributed by atoms with Gasteiger partial charge in [0, 0.05) is 16.7 Å². The summed E-state index contributed by atoms with van der Waals surface area (Å²) in [5, 5.41) is 10.6. The molecule has 0 aliphatic rings. The summed E-state index contributed by atoms with van der Waals surface area (Å²) in [4.78, 5) is 4.20. The maximum atomic E-state index is 5.58. The number of thioether (sulfide) groups is 1. The van der Waals surface area contributed by atoms with Crippen LogP contribution >= 0.6 is 23.1 Å². The highest BCUT2D eigenvalue weighted by atomic mass is 32.2. The zero-order valence-electron chi connectivity index (χ0n) is 9.31. The Morgan fingerprint density at radius 3 is 2.83 bits per heavy atom. The molecule has 0 amide bonds. The summed E-state index contributed by atoms with van der Waals surface area (Å²) in [6.07, 6.45) is 0. The van der Waals surface area contributed by atoms with Crippen LogP contribution < -0.4 is 0 Å². The average Bonchev–Trinajstić information content (AvgIpc) is 3.09. The quantitative estimate of drug-likeness (QED) is 0.682. The maximum Gasteiger partial charge on any atom is 0.277 e. The molecular formula is C12H9N3OS2. The molecule has 0 aliphatic carbocycles. The maximum absolute atomic E-state index is 5.58. The highest BCUT2D eigenvalue weighted by Crippen LogP contribution is 2.25. The molecule has 90 valence electrons. The molecular weight excluding hydrogens is 266 g/mol. The number of aromatic nitrogens is 3. The first kappa shape index (κ1) is 11.4. The van der Waals surface area contributed by atoms with Crippen LogP contribution in [0.2, 0.25) is 0 Å². The van der Waals surface area contributed by atoms with E-state index in [1.165, 1.54) is 11.8 Å². The van der Waals surface area contributed by atoms with Gasteiger partial charge in [-0.3, -0.25) is 0 Å². The van der Waals surface area contributed by atoms with E-state index in [1.807, 2.05) is 41.2 Å². The highest BCUT2D eigenvalue weighted by Gasteiger charge is 2.08. The minimum atomic E-state index is 0.552. The summed E-state index contributed by atoms with van der Waals surface area (Å²) in [5.74, 6) is 1.30. The van der Waals surface area contributed by atoms with Crippen LogP contribution in [0.1, 0.15) is 5.69 Å². The van der Waals surface area contributed by atoms with E-state index in [0.29, 0.717) is 11.1 Å². The van der Waals surface area contributed by atoms with Crippen LogP contribution in [-0.4, -0.2) is 15.2 Å². The monoisotopic (exact) mass is 275 g/mol. The lowest BCUT2D eigenvalue weighted by Crippen LogP contribution is -1.79. The molecule has 0 saturated heterocycles. The molecule has 0 atom stereocenters. The van der Waals surface area contributed by atoms with Gasteiger partial charge < -0.3 is 4.42 Å². The molecule has 0 fully saturated rings. The molecule has 2 aromatic heterocycles. The third-order valence-corrected chi connectivity index (χ3v) is 3.74. The molecule has 3 rings (SSSR count). The first-order valence-corrected chi connectivity index (χ1v) is 7.23. The van der Waals surface area contributed by atoms with E-state index in [-0.39, 0.29) is 0 Å². The number of thiazole rings is 1. The smallest absolute Gasteiger partial charge is 0.277 e. The second-order valence-electron chi connectivity index (χ2n) is 3.51. The van der Waals surface area contributed by atoms with Gasteiger partial charge in [-0.25, -0.2) is 4.98 Å². The van der Waals surface area contributed by atoms with Crippen molar-refractivity contribution in [3.63, 3.8) is 0 Å². The Hall–Kier alpha value is -1.66. The Morgan fingerprint density at radius 2 is 2.06 bits per heavy atom. The van der Waals surface area contributed by atoms with Gasteiger partial charge in [-0.05, 0) is 12.1 Å². The lowest BCUT2D eigenvalue weighted by atomic mass is 10.2. The molecule has 0 unspecified atom stereocenters. The zero-order chi connectivity index (χ0) is 12.2. The molecule has 0 bridgehead atoms. The van der Waals surface area contributed by atoms with Gasteiger partial charge in [0.15, 0.2) is 0 Å². The normalized spacial score (nSPS) is 10.7. The van der Waals surface area contributed by atoms with Gasteiger partial charge in [-0.2, -0.15) is 0 Å². The van der Waals surface area contributed by atoms with Gasteiger partial charge in [0.1, 0.15) is 0 Å². The van der Waals surface area contributed by atoms with E-state index < -0.39 is 0 Å². The minimum Gasteiger partial charge on any atom is -0.411 e. The van der Waals surface area contributed by atoms with Crippen LogP contribution in [-0.2, 0) is 5.75 Å². The molecule has 0 N–H and O–H groups in total. The SMILES string of the molecule is c1ccc(-c2nnc(SCc3cscn3)o2)cc1. The van der Waals surface area contributed by atoms with E-state index in [9.17, 15) is 0 Å². The number of benzene rings is 1. The molecule has 18 heavy (non-hydrogen) atoms. The van der Waals surface area contributed by atoms with Crippen molar-refractivity contribution < 1.29 is 4.42 Å². The van der Waals surface area contributed by atoms with Crippen molar-refractivity contribution in [3.05, 3.63) is 46.9 Å². The number of hydrogen-bond acceptors (Lipinski definition) is 6. The number of rotatable bonds is 4. The van der Waals surface area contributed by atoms with Crippen molar-refractivity contribution >= 4 is 23.1 Å². The predicted octanol–water partition coefficient (Wildman–Crippen LogP) is 3.49. The van der Waals surface area contributed by atoms with Crippen molar-refractivity contribution in [1.29, 1.82) is 0 Å². The van der Waals surface area contributed by atoms with Crippen LogP contribution in [0.5, 0.6) is 0 Å².